The highest BCUT2D eigenvalue weighted by Gasteiger charge is 2.17. The Labute approximate surface area is 116 Å². The molecule has 9 heteroatoms. The molecule has 0 saturated carbocycles. The smallest absolute Gasteiger partial charge is 0.332 e. The molecule has 108 valence electrons. The van der Waals surface area contributed by atoms with Crippen LogP contribution in [0, 0.1) is 0 Å². The van der Waals surface area contributed by atoms with Gasteiger partial charge in [-0.05, 0) is 12.1 Å². The summed E-state index contributed by atoms with van der Waals surface area (Å²) in [6, 6.07) is 3.16. The lowest BCUT2D eigenvalue weighted by atomic mass is 10.2. The van der Waals surface area contributed by atoms with Gasteiger partial charge in [0.2, 0.25) is 22.3 Å². The summed E-state index contributed by atoms with van der Waals surface area (Å²) >= 11 is 0. The molecule has 0 aliphatic heterocycles. The number of aromatic nitrogens is 2. The second-order valence-electron chi connectivity index (χ2n) is 3.56. The lowest BCUT2D eigenvalue weighted by Gasteiger charge is -2.12. The Balaban J connectivity index is 2.56. The third-order valence-electron chi connectivity index (χ3n) is 2.48. The minimum atomic E-state index is -2.92. The average Bonchev–Trinajstić information content (AvgIpc) is 2.95. The van der Waals surface area contributed by atoms with E-state index in [4.69, 9.17) is 18.6 Å². The van der Waals surface area contributed by atoms with Gasteiger partial charge >= 0.3 is 5.22 Å². The van der Waals surface area contributed by atoms with Gasteiger partial charge in [0.05, 0.1) is 21.3 Å². The zero-order valence-corrected chi connectivity index (χ0v) is 11.8. The van der Waals surface area contributed by atoms with Crippen molar-refractivity contribution in [3.8, 4) is 28.7 Å². The average molecular weight is 300 g/mol. The number of hydrogen-bond donors (Lipinski definition) is 1. The molecule has 0 radical (unpaired) electrons. The molecule has 1 heterocycles. The fourth-order valence-electron chi connectivity index (χ4n) is 1.61. The maximum Gasteiger partial charge on any atom is 0.332 e. The molecule has 0 unspecified atom stereocenters. The van der Waals surface area contributed by atoms with Crippen molar-refractivity contribution >= 4 is 10.7 Å². The van der Waals surface area contributed by atoms with Crippen LogP contribution < -0.4 is 14.2 Å². The molecule has 0 atom stereocenters. The van der Waals surface area contributed by atoms with Gasteiger partial charge < -0.3 is 18.6 Å². The van der Waals surface area contributed by atoms with Crippen molar-refractivity contribution in [2.24, 2.45) is 0 Å². The summed E-state index contributed by atoms with van der Waals surface area (Å²) in [5.74, 6) is 1.24. The molecule has 0 bridgehead atoms. The van der Waals surface area contributed by atoms with Gasteiger partial charge in [-0.2, -0.15) is 0 Å². The molecule has 1 aromatic carbocycles. The molecule has 8 nitrogen and oxygen atoms in total. The minimum absolute atomic E-state index is 0.0402. The molecule has 1 aromatic heterocycles. The Morgan fingerprint density at radius 2 is 1.60 bits per heavy atom. The lowest BCUT2D eigenvalue weighted by Crippen LogP contribution is -1.95. The molecule has 0 aliphatic carbocycles. The van der Waals surface area contributed by atoms with Crippen LogP contribution in [0.25, 0.3) is 11.5 Å². The van der Waals surface area contributed by atoms with Crippen molar-refractivity contribution in [2.75, 3.05) is 21.3 Å². The number of nitrogens with zero attached hydrogens (tertiary/aromatic N) is 2. The third-order valence-corrected chi connectivity index (χ3v) is 2.98. The van der Waals surface area contributed by atoms with Crippen LogP contribution in [0.3, 0.4) is 0 Å². The molecule has 0 saturated heterocycles. The Bertz CT molecular complexity index is 661. The van der Waals surface area contributed by atoms with E-state index in [-0.39, 0.29) is 5.89 Å². The summed E-state index contributed by atoms with van der Waals surface area (Å²) in [5, 5.41) is 6.63. The van der Waals surface area contributed by atoms with Gasteiger partial charge in [-0.1, -0.05) is 5.10 Å². The SMILES string of the molecule is COc1cc(-c2nnc([SH](=O)=O)o2)cc(OC)c1OC. The van der Waals surface area contributed by atoms with Crippen LogP contribution in [-0.2, 0) is 10.7 Å². The van der Waals surface area contributed by atoms with Gasteiger partial charge in [0, 0.05) is 5.56 Å². The van der Waals surface area contributed by atoms with E-state index in [2.05, 4.69) is 10.2 Å². The first-order chi connectivity index (χ1) is 9.60. The second-order valence-corrected chi connectivity index (χ2v) is 4.46. The molecule has 2 rings (SSSR count). The Kier molecular flexibility index (Phi) is 4.08. The van der Waals surface area contributed by atoms with Crippen LogP contribution in [0.15, 0.2) is 21.8 Å². The predicted molar refractivity (Wildman–Crippen MR) is 68.0 cm³/mol. The minimum Gasteiger partial charge on any atom is -0.493 e. The molecule has 2 aromatic rings. The van der Waals surface area contributed by atoms with Crippen LogP contribution in [0.1, 0.15) is 0 Å². The summed E-state index contributed by atoms with van der Waals surface area (Å²) < 4.78 is 42.1. The predicted octanol–water partition coefficient (Wildman–Crippen LogP) is 0.733. The maximum absolute atomic E-state index is 10.8. The monoisotopic (exact) mass is 300 g/mol. The highest BCUT2D eigenvalue weighted by molar-refractivity contribution is 7.72. The molecule has 0 fully saturated rings. The summed E-state index contributed by atoms with van der Waals surface area (Å²) in [7, 11) is 1.49. The third kappa shape index (κ3) is 2.52. The Hall–Kier alpha value is -2.29. The molecule has 0 N–H and O–H groups in total. The van der Waals surface area contributed by atoms with E-state index in [1.165, 1.54) is 21.3 Å². The van der Waals surface area contributed by atoms with E-state index >= 15 is 0 Å². The van der Waals surface area contributed by atoms with Crippen molar-refractivity contribution in [1.82, 2.24) is 10.2 Å². The standard InChI is InChI=1S/C11H12N2O6S/c1-16-7-4-6(5-8(17-2)9(7)18-3)10-12-13-11(19-10)20(14)15/h4-5,20H,1-3H3. The van der Waals surface area contributed by atoms with E-state index in [1.54, 1.807) is 12.1 Å². The van der Waals surface area contributed by atoms with Gasteiger partial charge in [0.25, 0.3) is 0 Å². The topological polar surface area (TPSA) is 101 Å². The van der Waals surface area contributed by atoms with Gasteiger partial charge in [0.1, 0.15) is 0 Å². The second kappa shape index (κ2) is 5.78. The van der Waals surface area contributed by atoms with Gasteiger partial charge in [-0.3, -0.25) is 0 Å². The number of benzene rings is 1. The Morgan fingerprint density at radius 3 is 2.00 bits per heavy atom. The van der Waals surface area contributed by atoms with Crippen LogP contribution in [0.2, 0.25) is 0 Å². The molecule has 0 aliphatic rings. The number of ether oxygens (including phenoxy) is 3. The zero-order chi connectivity index (χ0) is 14.7. The van der Waals surface area contributed by atoms with E-state index < -0.39 is 15.9 Å². The first kappa shape index (κ1) is 14.1. The first-order valence-corrected chi connectivity index (χ1v) is 6.56. The molecule has 0 amide bonds. The highest BCUT2D eigenvalue weighted by Crippen LogP contribution is 2.40. The van der Waals surface area contributed by atoms with Crippen molar-refractivity contribution in [2.45, 2.75) is 5.22 Å². The first-order valence-electron chi connectivity index (χ1n) is 5.39. The molecular weight excluding hydrogens is 288 g/mol. The summed E-state index contributed by atoms with van der Waals surface area (Å²) in [5.41, 5.74) is 0.454. The number of hydrogen-bond acceptors (Lipinski definition) is 8. The Morgan fingerprint density at radius 1 is 1.00 bits per heavy atom. The van der Waals surface area contributed by atoms with Crippen molar-refractivity contribution in [3.63, 3.8) is 0 Å². The largest absolute Gasteiger partial charge is 0.493 e. The quantitative estimate of drug-likeness (QED) is 0.807. The summed E-state index contributed by atoms with van der Waals surface area (Å²) in [6.07, 6.45) is 0. The van der Waals surface area contributed by atoms with Gasteiger partial charge in [-0.15, -0.1) is 5.10 Å². The van der Waals surface area contributed by atoms with Crippen molar-refractivity contribution < 1.29 is 27.0 Å². The van der Waals surface area contributed by atoms with Gasteiger partial charge in [0.15, 0.2) is 11.5 Å². The van der Waals surface area contributed by atoms with E-state index in [0.717, 1.165) is 0 Å². The number of rotatable bonds is 5. The van der Waals surface area contributed by atoms with Crippen molar-refractivity contribution in [3.05, 3.63) is 12.1 Å². The van der Waals surface area contributed by atoms with E-state index in [9.17, 15) is 8.42 Å². The fraction of sp³-hybridized carbons (Fsp3) is 0.273. The molecular formula is C11H12N2O6S. The number of thiol groups is 1. The zero-order valence-electron chi connectivity index (χ0n) is 10.9. The summed E-state index contributed by atoms with van der Waals surface area (Å²) in [4.78, 5) is 0. The molecule has 20 heavy (non-hydrogen) atoms. The number of methoxy groups -OCH3 is 3. The summed E-state index contributed by atoms with van der Waals surface area (Å²) in [6.45, 7) is 0. The van der Waals surface area contributed by atoms with Crippen LogP contribution in [0.5, 0.6) is 17.2 Å². The van der Waals surface area contributed by atoms with Crippen LogP contribution in [-0.4, -0.2) is 39.9 Å². The van der Waals surface area contributed by atoms with E-state index in [1.807, 2.05) is 0 Å². The van der Waals surface area contributed by atoms with E-state index in [0.29, 0.717) is 22.8 Å². The molecule has 0 spiro atoms. The lowest BCUT2D eigenvalue weighted by molar-refractivity contribution is 0.324. The van der Waals surface area contributed by atoms with Crippen LogP contribution in [0.4, 0.5) is 0 Å². The van der Waals surface area contributed by atoms with Gasteiger partial charge in [-0.25, -0.2) is 8.42 Å². The maximum atomic E-state index is 10.8. The highest BCUT2D eigenvalue weighted by atomic mass is 32.2. The fourth-order valence-corrected chi connectivity index (χ4v) is 1.89. The normalized spacial score (nSPS) is 10.6. The van der Waals surface area contributed by atoms with Crippen LogP contribution >= 0.6 is 0 Å². The van der Waals surface area contributed by atoms with Crippen molar-refractivity contribution in [1.29, 1.82) is 0 Å².